The molecule has 0 unspecified atom stereocenters. The molecule has 2 saturated carbocycles. The number of hydrogen-bond donors (Lipinski definition) is 0. The van der Waals surface area contributed by atoms with Gasteiger partial charge in [0.25, 0.3) is 0 Å². The quantitative estimate of drug-likeness (QED) is 0.481. The summed E-state index contributed by atoms with van der Waals surface area (Å²) >= 11 is 0. The van der Waals surface area contributed by atoms with Crippen molar-refractivity contribution in [3.63, 3.8) is 0 Å². The van der Waals surface area contributed by atoms with Crippen LogP contribution >= 0.6 is 0 Å². The Balaban J connectivity index is 1.77. The molecule has 0 aromatic heterocycles. The molecule has 5 heteroatoms. The summed E-state index contributed by atoms with van der Waals surface area (Å²) in [7, 11) is 0. The van der Waals surface area contributed by atoms with Crippen molar-refractivity contribution in [2.75, 3.05) is 0 Å². The topological polar surface area (TPSA) is 17.1 Å². The summed E-state index contributed by atoms with van der Waals surface area (Å²) in [6, 6.07) is 4.19. The van der Waals surface area contributed by atoms with E-state index in [0.29, 0.717) is 25.7 Å². The molecule has 0 saturated heterocycles. The third kappa shape index (κ3) is 2.65. The molecule has 0 spiro atoms. The van der Waals surface area contributed by atoms with Gasteiger partial charge in [0, 0.05) is 11.1 Å². The summed E-state index contributed by atoms with van der Waals surface area (Å²) in [6.07, 6.45) is 4.45. The maximum atomic E-state index is 14.8. The lowest BCUT2D eigenvalue weighted by molar-refractivity contribution is 0.103. The summed E-state index contributed by atoms with van der Waals surface area (Å²) in [4.78, 5) is 12.7. The first-order chi connectivity index (χ1) is 12.5. The van der Waals surface area contributed by atoms with Crippen LogP contribution in [0.5, 0.6) is 0 Å². The third-order valence-electron chi connectivity index (χ3n) is 5.77. The van der Waals surface area contributed by atoms with Crippen molar-refractivity contribution in [3.05, 3.63) is 69.8 Å². The molecule has 0 bridgehead atoms. The lowest BCUT2D eigenvalue weighted by Gasteiger charge is -2.27. The predicted molar refractivity (Wildman–Crippen MR) is 89.3 cm³/mol. The average molecular weight is 362 g/mol. The number of ketones is 1. The molecular formula is C21H18F4O. The number of rotatable bonds is 4. The van der Waals surface area contributed by atoms with Crippen LogP contribution in [0.4, 0.5) is 17.6 Å². The van der Waals surface area contributed by atoms with Crippen LogP contribution in [0.25, 0.3) is 0 Å². The largest absolute Gasteiger partial charge is 0.288 e. The van der Waals surface area contributed by atoms with Gasteiger partial charge in [-0.25, -0.2) is 17.6 Å². The molecule has 4 rings (SSSR count). The molecule has 2 aromatic carbocycles. The lowest BCUT2D eigenvalue weighted by atomic mass is 9.78. The van der Waals surface area contributed by atoms with Gasteiger partial charge in [-0.15, -0.1) is 0 Å². The van der Waals surface area contributed by atoms with Crippen molar-refractivity contribution in [2.45, 2.75) is 50.4 Å². The van der Waals surface area contributed by atoms with Crippen molar-refractivity contribution < 1.29 is 22.4 Å². The molecule has 0 radical (unpaired) electrons. The number of carbonyl (C=O) groups excluding carboxylic acids is 1. The second kappa shape index (κ2) is 6.53. The maximum absolute atomic E-state index is 14.8. The standard InChI is InChI=1S/C21H18F4O/c22-15-9-7-13(19(24)17(15)11-3-1-4-11)21(26)14-8-10-16(23)18(20(14)25)12-5-2-6-12/h7-12H,1-6H2. The Hall–Kier alpha value is -2.17. The Labute approximate surface area is 149 Å². The highest BCUT2D eigenvalue weighted by molar-refractivity contribution is 6.09. The van der Waals surface area contributed by atoms with E-state index in [0.717, 1.165) is 37.1 Å². The van der Waals surface area contributed by atoms with Crippen LogP contribution in [-0.2, 0) is 0 Å². The highest BCUT2D eigenvalue weighted by Crippen LogP contribution is 2.41. The van der Waals surface area contributed by atoms with Gasteiger partial charge in [-0.2, -0.15) is 0 Å². The number of halogens is 4. The molecular weight excluding hydrogens is 344 g/mol. The normalized spacial score (nSPS) is 17.7. The van der Waals surface area contributed by atoms with Gasteiger partial charge < -0.3 is 0 Å². The fraction of sp³-hybridized carbons (Fsp3) is 0.381. The van der Waals surface area contributed by atoms with Gasteiger partial charge in [-0.05, 0) is 61.8 Å². The molecule has 26 heavy (non-hydrogen) atoms. The van der Waals surface area contributed by atoms with Gasteiger partial charge in [0.15, 0.2) is 5.78 Å². The number of carbonyl (C=O) groups is 1. The summed E-state index contributed by atoms with van der Waals surface area (Å²) in [5, 5.41) is 0. The Morgan fingerprint density at radius 1 is 0.692 bits per heavy atom. The molecule has 0 amide bonds. The Morgan fingerprint density at radius 3 is 1.38 bits per heavy atom. The average Bonchev–Trinajstić information content (AvgIpc) is 2.51. The highest BCUT2D eigenvalue weighted by atomic mass is 19.1. The fourth-order valence-corrected chi connectivity index (χ4v) is 3.78. The minimum Gasteiger partial charge on any atom is -0.288 e. The van der Waals surface area contributed by atoms with Crippen molar-refractivity contribution in [1.29, 1.82) is 0 Å². The number of benzene rings is 2. The molecule has 136 valence electrons. The smallest absolute Gasteiger partial charge is 0.198 e. The van der Waals surface area contributed by atoms with E-state index >= 15 is 0 Å². The van der Waals surface area contributed by atoms with E-state index in [1.54, 1.807) is 0 Å². The van der Waals surface area contributed by atoms with Crippen molar-refractivity contribution in [3.8, 4) is 0 Å². The third-order valence-corrected chi connectivity index (χ3v) is 5.77. The molecule has 2 aliphatic carbocycles. The summed E-state index contributed by atoms with van der Waals surface area (Å²) < 4.78 is 57.8. The van der Waals surface area contributed by atoms with Crippen LogP contribution in [0.3, 0.4) is 0 Å². The van der Waals surface area contributed by atoms with Gasteiger partial charge in [-0.1, -0.05) is 12.8 Å². The molecule has 0 atom stereocenters. The van der Waals surface area contributed by atoms with E-state index in [1.807, 2.05) is 0 Å². The molecule has 2 aromatic rings. The van der Waals surface area contributed by atoms with E-state index < -0.39 is 29.1 Å². The van der Waals surface area contributed by atoms with Crippen LogP contribution in [0.15, 0.2) is 24.3 Å². The molecule has 2 aliphatic rings. The second-order valence-electron chi connectivity index (χ2n) is 7.23. The Kier molecular flexibility index (Phi) is 4.33. The van der Waals surface area contributed by atoms with E-state index in [4.69, 9.17) is 0 Å². The molecule has 0 N–H and O–H groups in total. The van der Waals surface area contributed by atoms with Crippen LogP contribution in [0.1, 0.15) is 77.4 Å². The van der Waals surface area contributed by atoms with Gasteiger partial charge in [0.2, 0.25) is 0 Å². The van der Waals surface area contributed by atoms with E-state index in [9.17, 15) is 22.4 Å². The van der Waals surface area contributed by atoms with Crippen molar-refractivity contribution in [2.24, 2.45) is 0 Å². The highest BCUT2D eigenvalue weighted by Gasteiger charge is 2.32. The Bertz CT molecular complexity index is 811. The molecule has 0 aliphatic heterocycles. The first-order valence-electron chi connectivity index (χ1n) is 8.99. The first-order valence-corrected chi connectivity index (χ1v) is 8.99. The van der Waals surface area contributed by atoms with Crippen molar-refractivity contribution in [1.82, 2.24) is 0 Å². The predicted octanol–water partition coefficient (Wildman–Crippen LogP) is 6.01. The minimum atomic E-state index is -0.923. The van der Waals surface area contributed by atoms with Crippen molar-refractivity contribution >= 4 is 5.78 Å². The maximum Gasteiger partial charge on any atom is 0.198 e. The van der Waals surface area contributed by atoms with Gasteiger partial charge in [0.1, 0.15) is 23.3 Å². The lowest BCUT2D eigenvalue weighted by Crippen LogP contribution is -2.18. The molecule has 0 heterocycles. The van der Waals surface area contributed by atoms with Crippen LogP contribution in [0, 0.1) is 23.3 Å². The zero-order valence-corrected chi connectivity index (χ0v) is 14.1. The van der Waals surface area contributed by atoms with Gasteiger partial charge >= 0.3 is 0 Å². The van der Waals surface area contributed by atoms with E-state index in [2.05, 4.69) is 0 Å². The Morgan fingerprint density at radius 2 is 1.08 bits per heavy atom. The zero-order chi connectivity index (χ0) is 18.4. The SMILES string of the molecule is O=C(c1ccc(F)c(C2CCC2)c1F)c1ccc(F)c(C2CCC2)c1F. The van der Waals surface area contributed by atoms with Crippen LogP contribution < -0.4 is 0 Å². The van der Waals surface area contributed by atoms with Crippen LogP contribution in [0.2, 0.25) is 0 Å². The second-order valence-corrected chi connectivity index (χ2v) is 7.23. The first kappa shape index (κ1) is 17.3. The summed E-state index contributed by atoms with van der Waals surface area (Å²) in [6.45, 7) is 0. The monoisotopic (exact) mass is 362 g/mol. The number of hydrogen-bond acceptors (Lipinski definition) is 1. The molecule has 1 nitrogen and oxygen atoms in total. The molecule has 2 fully saturated rings. The van der Waals surface area contributed by atoms with Gasteiger partial charge in [-0.3, -0.25) is 4.79 Å². The van der Waals surface area contributed by atoms with Crippen LogP contribution in [-0.4, -0.2) is 5.78 Å². The summed E-state index contributed by atoms with van der Waals surface area (Å²) in [5.74, 6) is -4.57. The van der Waals surface area contributed by atoms with E-state index in [-0.39, 0.29) is 34.1 Å². The van der Waals surface area contributed by atoms with Gasteiger partial charge in [0.05, 0.1) is 11.1 Å². The minimum absolute atomic E-state index is 0.0937. The zero-order valence-electron chi connectivity index (χ0n) is 14.1. The fourth-order valence-electron chi connectivity index (χ4n) is 3.78. The van der Waals surface area contributed by atoms with E-state index in [1.165, 1.54) is 0 Å². The summed E-state index contributed by atoms with van der Waals surface area (Å²) in [5.41, 5.74) is -0.913.